The van der Waals surface area contributed by atoms with Crippen LogP contribution in [0, 0.1) is 0 Å². The Kier molecular flexibility index (Phi) is 5.55. The lowest BCUT2D eigenvalue weighted by molar-refractivity contribution is 0.0996. The highest BCUT2D eigenvalue weighted by Gasteiger charge is 2.31. The van der Waals surface area contributed by atoms with E-state index in [-0.39, 0.29) is 18.6 Å². The molecule has 9 nitrogen and oxygen atoms in total. The van der Waals surface area contributed by atoms with Gasteiger partial charge in [0.1, 0.15) is 5.82 Å². The second kappa shape index (κ2) is 8.67. The molecular weight excluding hydrogens is 422 g/mol. The highest BCUT2D eigenvalue weighted by atomic mass is 16.5. The lowest BCUT2D eigenvalue weighted by Crippen LogP contribution is -2.32. The van der Waals surface area contributed by atoms with E-state index in [2.05, 4.69) is 14.9 Å². The zero-order valence-corrected chi connectivity index (χ0v) is 18.6. The van der Waals surface area contributed by atoms with Crippen molar-refractivity contribution < 1.29 is 19.4 Å². The van der Waals surface area contributed by atoms with Gasteiger partial charge in [0.25, 0.3) is 11.8 Å². The Morgan fingerprint density at radius 3 is 2.73 bits per heavy atom. The third kappa shape index (κ3) is 3.74. The van der Waals surface area contributed by atoms with Gasteiger partial charge in [-0.05, 0) is 43.2 Å². The number of amides is 1. The summed E-state index contributed by atoms with van der Waals surface area (Å²) in [4.78, 5) is 30.4. The van der Waals surface area contributed by atoms with E-state index in [0.717, 1.165) is 36.5 Å². The summed E-state index contributed by atoms with van der Waals surface area (Å²) in [6.07, 6.45) is 5.39. The summed E-state index contributed by atoms with van der Waals surface area (Å²) in [6, 6.07) is 9.35. The Balaban J connectivity index is 1.38. The van der Waals surface area contributed by atoms with E-state index in [4.69, 9.17) is 14.5 Å². The van der Waals surface area contributed by atoms with Crippen LogP contribution in [0.1, 0.15) is 28.9 Å². The number of carbonyl (C=O) groups is 1. The molecule has 0 unspecified atom stereocenters. The molecule has 0 spiro atoms. The quantitative estimate of drug-likeness (QED) is 0.616. The third-order valence-corrected chi connectivity index (χ3v) is 6.21. The lowest BCUT2D eigenvalue weighted by atomic mass is 10.1. The fourth-order valence-corrected chi connectivity index (χ4v) is 4.46. The number of aliphatic hydroxyl groups is 1. The smallest absolute Gasteiger partial charge is 0.260 e. The van der Waals surface area contributed by atoms with Crippen molar-refractivity contribution in [2.24, 2.45) is 0 Å². The summed E-state index contributed by atoms with van der Waals surface area (Å²) in [7, 11) is 3.10. The van der Waals surface area contributed by atoms with Crippen LogP contribution >= 0.6 is 0 Å². The zero-order chi connectivity index (χ0) is 22.9. The normalized spacial score (nSPS) is 17.4. The van der Waals surface area contributed by atoms with Crippen molar-refractivity contribution >= 4 is 17.4 Å². The number of hydrogen-bond donors (Lipinski definition) is 1. The predicted octanol–water partition coefficient (Wildman–Crippen LogP) is 2.68. The zero-order valence-electron chi connectivity index (χ0n) is 18.6. The molecule has 1 saturated heterocycles. The molecule has 0 aromatic carbocycles. The molecule has 0 radical (unpaired) electrons. The van der Waals surface area contributed by atoms with Crippen LogP contribution in [0.4, 0.5) is 11.5 Å². The van der Waals surface area contributed by atoms with Gasteiger partial charge >= 0.3 is 0 Å². The first-order valence-corrected chi connectivity index (χ1v) is 10.9. The number of rotatable bonds is 6. The molecule has 9 heteroatoms. The van der Waals surface area contributed by atoms with Crippen LogP contribution in [0.5, 0.6) is 11.6 Å². The number of hydrogen-bond acceptors (Lipinski definition) is 8. The molecule has 2 aliphatic heterocycles. The molecule has 0 saturated carbocycles. The number of aliphatic hydroxyl groups excluding tert-OH is 1. The van der Waals surface area contributed by atoms with Crippen LogP contribution in [0.25, 0.3) is 11.3 Å². The van der Waals surface area contributed by atoms with Gasteiger partial charge in [-0.15, -0.1) is 0 Å². The highest BCUT2D eigenvalue weighted by Crippen LogP contribution is 2.33. The fourth-order valence-electron chi connectivity index (χ4n) is 4.46. The van der Waals surface area contributed by atoms with Gasteiger partial charge in [0.05, 0.1) is 62.2 Å². The topological polar surface area (TPSA) is 101 Å². The van der Waals surface area contributed by atoms with Crippen LogP contribution in [0.3, 0.4) is 0 Å². The maximum Gasteiger partial charge on any atom is 0.260 e. The summed E-state index contributed by atoms with van der Waals surface area (Å²) in [6.45, 7) is 1.36. The maximum atomic E-state index is 13.0. The maximum absolute atomic E-state index is 13.0. The minimum atomic E-state index is -0.0987. The molecule has 33 heavy (non-hydrogen) atoms. The standard InChI is InChI=1S/C24H25N5O4/c1-32-21-10-15(11-26-23(21)33-2)19-7-6-18-20(27-19)13-29(24(18)31)16-5-8-22(25-12-16)28-9-3-4-17(28)14-30/h5-8,10-12,17,30H,3-4,9,13-14H2,1-2H3/t17-/m1/s1. The number of methoxy groups -OCH3 is 2. The Morgan fingerprint density at radius 1 is 1.12 bits per heavy atom. The van der Waals surface area contributed by atoms with Crippen molar-refractivity contribution in [3.05, 3.63) is 54.0 Å². The molecule has 5 heterocycles. The molecule has 1 atom stereocenters. The molecule has 170 valence electrons. The summed E-state index contributed by atoms with van der Waals surface area (Å²) >= 11 is 0. The monoisotopic (exact) mass is 447 g/mol. The van der Waals surface area contributed by atoms with Crippen molar-refractivity contribution in [3.63, 3.8) is 0 Å². The summed E-state index contributed by atoms with van der Waals surface area (Å²) in [5, 5.41) is 9.57. The van der Waals surface area contributed by atoms with Crippen molar-refractivity contribution in [3.8, 4) is 22.9 Å². The largest absolute Gasteiger partial charge is 0.491 e. The SMILES string of the molecule is COc1cc(-c2ccc3c(n2)CN(c2ccc(N4CCC[C@@H]4CO)nc2)C3=O)cnc1OC. The lowest BCUT2D eigenvalue weighted by Gasteiger charge is -2.24. The molecule has 1 fully saturated rings. The molecular formula is C24H25N5O4. The average Bonchev–Trinajstić information content (AvgIpc) is 3.48. The van der Waals surface area contributed by atoms with Gasteiger partial charge in [-0.2, -0.15) is 0 Å². The van der Waals surface area contributed by atoms with Crippen molar-refractivity contribution in [2.75, 3.05) is 37.2 Å². The van der Waals surface area contributed by atoms with E-state index >= 15 is 0 Å². The van der Waals surface area contributed by atoms with Gasteiger partial charge in [-0.3, -0.25) is 9.78 Å². The van der Waals surface area contributed by atoms with Crippen molar-refractivity contribution in [1.82, 2.24) is 15.0 Å². The van der Waals surface area contributed by atoms with Gasteiger partial charge in [0.15, 0.2) is 5.75 Å². The fraction of sp³-hybridized carbons (Fsp3) is 0.333. The first-order valence-electron chi connectivity index (χ1n) is 10.9. The van der Waals surface area contributed by atoms with Gasteiger partial charge in [-0.25, -0.2) is 9.97 Å². The molecule has 0 bridgehead atoms. The molecule has 1 N–H and O–H groups in total. The Bertz CT molecular complexity index is 1180. The Morgan fingerprint density at radius 2 is 2.00 bits per heavy atom. The van der Waals surface area contributed by atoms with Gasteiger partial charge < -0.3 is 24.4 Å². The molecule has 1 amide bonds. The number of nitrogens with zero attached hydrogens (tertiary/aromatic N) is 5. The van der Waals surface area contributed by atoms with E-state index in [9.17, 15) is 9.90 Å². The van der Waals surface area contributed by atoms with Crippen molar-refractivity contribution in [2.45, 2.75) is 25.4 Å². The molecule has 3 aromatic heterocycles. The second-order valence-corrected chi connectivity index (χ2v) is 8.06. The summed E-state index contributed by atoms with van der Waals surface area (Å²) in [5.74, 6) is 1.64. The van der Waals surface area contributed by atoms with Gasteiger partial charge in [0.2, 0.25) is 0 Å². The molecule has 0 aliphatic carbocycles. The van der Waals surface area contributed by atoms with E-state index in [1.807, 2.05) is 24.3 Å². The van der Waals surface area contributed by atoms with Crippen LogP contribution in [0.2, 0.25) is 0 Å². The Hall–Kier alpha value is -3.72. The minimum Gasteiger partial charge on any atom is -0.491 e. The van der Waals surface area contributed by atoms with Crippen LogP contribution in [-0.4, -0.2) is 59.4 Å². The van der Waals surface area contributed by atoms with Crippen molar-refractivity contribution in [1.29, 1.82) is 0 Å². The number of anilines is 2. The highest BCUT2D eigenvalue weighted by molar-refractivity contribution is 6.09. The van der Waals surface area contributed by atoms with E-state index < -0.39 is 0 Å². The number of fused-ring (bicyclic) bond motifs is 1. The second-order valence-electron chi connectivity index (χ2n) is 8.06. The summed E-state index contributed by atoms with van der Waals surface area (Å²) in [5.41, 5.74) is 3.48. The van der Waals surface area contributed by atoms with Crippen LogP contribution in [0.15, 0.2) is 42.7 Å². The molecule has 2 aliphatic rings. The molecule has 3 aromatic rings. The van der Waals surface area contributed by atoms with E-state index in [1.165, 1.54) is 7.11 Å². The first-order chi connectivity index (χ1) is 16.1. The number of aromatic nitrogens is 3. The third-order valence-electron chi connectivity index (χ3n) is 6.21. The Labute approximate surface area is 191 Å². The number of pyridine rings is 3. The van der Waals surface area contributed by atoms with Crippen LogP contribution < -0.4 is 19.3 Å². The van der Waals surface area contributed by atoms with E-state index in [1.54, 1.807) is 30.5 Å². The van der Waals surface area contributed by atoms with Crippen LogP contribution in [-0.2, 0) is 6.54 Å². The number of ether oxygens (including phenoxy) is 2. The number of carbonyl (C=O) groups excluding carboxylic acids is 1. The predicted molar refractivity (Wildman–Crippen MR) is 123 cm³/mol. The van der Waals surface area contributed by atoms with Gasteiger partial charge in [-0.1, -0.05) is 0 Å². The molecule has 5 rings (SSSR count). The first kappa shape index (κ1) is 21.1. The summed E-state index contributed by atoms with van der Waals surface area (Å²) < 4.78 is 10.5. The minimum absolute atomic E-state index is 0.0987. The van der Waals surface area contributed by atoms with E-state index in [0.29, 0.717) is 35.1 Å². The van der Waals surface area contributed by atoms with Gasteiger partial charge in [0, 0.05) is 18.3 Å². The average molecular weight is 447 g/mol.